The van der Waals surface area contributed by atoms with Crippen LogP contribution >= 0.6 is 11.8 Å². The van der Waals surface area contributed by atoms with E-state index in [0.29, 0.717) is 11.4 Å². The highest BCUT2D eigenvalue weighted by molar-refractivity contribution is 7.98. The van der Waals surface area contributed by atoms with Crippen molar-refractivity contribution in [3.63, 3.8) is 0 Å². The maximum atomic E-state index is 7.76. The molecule has 0 radical (unpaired) electrons. The first-order valence-electron chi connectivity index (χ1n) is 6.87. The first-order chi connectivity index (χ1) is 10.2. The van der Waals surface area contributed by atoms with Crippen molar-refractivity contribution >= 4 is 17.6 Å². The Balaban J connectivity index is 2.03. The van der Waals surface area contributed by atoms with Crippen molar-refractivity contribution in [2.24, 2.45) is 5.73 Å². The number of hydrogen-bond acceptors (Lipinski definition) is 4. The lowest BCUT2D eigenvalue weighted by molar-refractivity contribution is 0.449. The van der Waals surface area contributed by atoms with Crippen LogP contribution < -0.4 is 10.5 Å². The van der Waals surface area contributed by atoms with Gasteiger partial charge in [-0.05, 0) is 49.3 Å². The average molecular weight is 299 g/mol. The number of benzene rings is 1. The van der Waals surface area contributed by atoms with Crippen molar-refractivity contribution in [2.45, 2.75) is 24.2 Å². The number of aromatic nitrogens is 1. The third-order valence-electron chi connectivity index (χ3n) is 3.58. The first kappa shape index (κ1) is 13.9. The molecule has 0 atom stereocenters. The van der Waals surface area contributed by atoms with E-state index < -0.39 is 0 Å². The van der Waals surface area contributed by atoms with Gasteiger partial charge in [0.2, 0.25) is 5.88 Å². The number of para-hydroxylation sites is 1. The van der Waals surface area contributed by atoms with Gasteiger partial charge >= 0.3 is 0 Å². The number of rotatable bonds is 4. The van der Waals surface area contributed by atoms with Gasteiger partial charge in [0, 0.05) is 10.6 Å². The van der Waals surface area contributed by atoms with Crippen LogP contribution in [-0.2, 0) is 12.8 Å². The van der Waals surface area contributed by atoms with Crippen LogP contribution in [0.3, 0.4) is 0 Å². The molecule has 4 nitrogen and oxygen atoms in total. The second-order valence-corrected chi connectivity index (χ2v) is 5.82. The second kappa shape index (κ2) is 5.77. The Hall–Kier alpha value is -2.01. The number of aryl methyl sites for hydroxylation is 2. The molecular weight excluding hydrogens is 282 g/mol. The number of nitrogens with one attached hydrogen (secondary N) is 1. The Morgan fingerprint density at radius 1 is 1.33 bits per heavy atom. The summed E-state index contributed by atoms with van der Waals surface area (Å²) in [5.74, 6) is 1.18. The Kier molecular flexibility index (Phi) is 3.84. The van der Waals surface area contributed by atoms with Crippen molar-refractivity contribution in [1.82, 2.24) is 4.98 Å². The van der Waals surface area contributed by atoms with E-state index in [9.17, 15) is 0 Å². The highest BCUT2D eigenvalue weighted by atomic mass is 32.2. The van der Waals surface area contributed by atoms with Crippen LogP contribution in [0.25, 0.3) is 0 Å². The SMILES string of the molecule is CSc1ccccc1Oc1nc2c(cc1C(=N)N)CCC2. The fourth-order valence-corrected chi connectivity index (χ4v) is 3.06. The van der Waals surface area contributed by atoms with Gasteiger partial charge in [-0.25, -0.2) is 4.98 Å². The Morgan fingerprint density at radius 3 is 2.90 bits per heavy atom. The van der Waals surface area contributed by atoms with Crippen molar-refractivity contribution in [3.8, 4) is 11.6 Å². The monoisotopic (exact) mass is 299 g/mol. The van der Waals surface area contributed by atoms with E-state index in [1.807, 2.05) is 36.6 Å². The van der Waals surface area contributed by atoms with E-state index in [2.05, 4.69) is 4.98 Å². The number of nitrogens with zero attached hydrogens (tertiary/aromatic N) is 1. The highest BCUT2D eigenvalue weighted by Crippen LogP contribution is 2.33. The zero-order valence-corrected chi connectivity index (χ0v) is 12.7. The predicted molar refractivity (Wildman–Crippen MR) is 85.6 cm³/mol. The summed E-state index contributed by atoms with van der Waals surface area (Å²) < 4.78 is 5.97. The summed E-state index contributed by atoms with van der Waals surface area (Å²) >= 11 is 1.62. The number of thioether (sulfide) groups is 1. The molecule has 3 N–H and O–H groups in total. The summed E-state index contributed by atoms with van der Waals surface area (Å²) in [6.45, 7) is 0. The Bertz CT molecular complexity index is 700. The second-order valence-electron chi connectivity index (χ2n) is 4.97. The molecule has 0 unspecified atom stereocenters. The van der Waals surface area contributed by atoms with E-state index in [1.165, 1.54) is 5.56 Å². The van der Waals surface area contributed by atoms with Crippen molar-refractivity contribution < 1.29 is 4.74 Å². The number of nitrogens with two attached hydrogens (primary N) is 1. The van der Waals surface area contributed by atoms with Crippen molar-refractivity contribution in [1.29, 1.82) is 5.41 Å². The lowest BCUT2D eigenvalue weighted by atomic mass is 10.1. The zero-order chi connectivity index (χ0) is 14.8. The number of fused-ring (bicyclic) bond motifs is 1. The molecule has 3 rings (SSSR count). The van der Waals surface area contributed by atoms with E-state index in [0.717, 1.165) is 35.6 Å². The third-order valence-corrected chi connectivity index (χ3v) is 4.36. The van der Waals surface area contributed by atoms with Gasteiger partial charge in [0.05, 0.1) is 5.56 Å². The normalized spacial score (nSPS) is 13.0. The highest BCUT2D eigenvalue weighted by Gasteiger charge is 2.19. The maximum absolute atomic E-state index is 7.76. The van der Waals surface area contributed by atoms with Crippen molar-refractivity contribution in [3.05, 3.63) is 47.2 Å². The molecule has 0 spiro atoms. The topological polar surface area (TPSA) is 72.0 Å². The van der Waals surface area contributed by atoms with Crippen LogP contribution in [-0.4, -0.2) is 17.1 Å². The summed E-state index contributed by atoms with van der Waals surface area (Å²) in [7, 11) is 0. The number of nitrogen functional groups attached to an aromatic ring is 1. The lowest BCUT2D eigenvalue weighted by Crippen LogP contribution is -2.14. The molecule has 1 aliphatic carbocycles. The summed E-state index contributed by atoms with van der Waals surface area (Å²) in [5, 5.41) is 7.76. The van der Waals surface area contributed by atoms with Crippen LogP contribution in [0.1, 0.15) is 23.2 Å². The molecule has 1 aromatic carbocycles. The minimum atomic E-state index is -0.00571. The van der Waals surface area contributed by atoms with Gasteiger partial charge in [-0.3, -0.25) is 5.41 Å². The molecule has 0 aliphatic heterocycles. The van der Waals surface area contributed by atoms with Crippen molar-refractivity contribution in [2.75, 3.05) is 6.26 Å². The molecule has 108 valence electrons. The standard InChI is InChI=1S/C16H17N3OS/c1-21-14-8-3-2-7-13(14)20-16-11(15(17)18)9-10-5-4-6-12(10)19-16/h2-3,7-9H,4-6H2,1H3,(H3,17,18). The molecule has 0 amide bonds. The molecular formula is C16H17N3OS. The van der Waals surface area contributed by atoms with Crippen LogP contribution in [0.15, 0.2) is 35.2 Å². The molecule has 0 saturated carbocycles. The molecule has 1 aromatic heterocycles. The minimum absolute atomic E-state index is 0.00571. The lowest BCUT2D eigenvalue weighted by Gasteiger charge is -2.13. The smallest absolute Gasteiger partial charge is 0.230 e. The number of amidine groups is 1. The van der Waals surface area contributed by atoms with Crippen LogP contribution in [0.2, 0.25) is 0 Å². The molecule has 5 heteroatoms. The summed E-state index contributed by atoms with van der Waals surface area (Å²) in [4.78, 5) is 5.63. The third kappa shape index (κ3) is 2.74. The Morgan fingerprint density at radius 2 is 2.14 bits per heavy atom. The number of ether oxygens (including phenoxy) is 1. The quantitative estimate of drug-likeness (QED) is 0.516. The van der Waals surface area contributed by atoms with Crippen LogP contribution in [0, 0.1) is 5.41 Å². The van der Waals surface area contributed by atoms with Gasteiger partial charge in [-0.2, -0.15) is 0 Å². The van der Waals surface area contributed by atoms with Gasteiger partial charge in [0.15, 0.2) is 0 Å². The number of hydrogen-bond donors (Lipinski definition) is 2. The fraction of sp³-hybridized carbons (Fsp3) is 0.250. The van der Waals surface area contributed by atoms with Crippen LogP contribution in [0.5, 0.6) is 11.6 Å². The zero-order valence-electron chi connectivity index (χ0n) is 11.8. The average Bonchev–Trinajstić information content (AvgIpc) is 2.94. The molecule has 0 fully saturated rings. The van der Waals surface area contributed by atoms with Gasteiger partial charge in [0.25, 0.3) is 0 Å². The molecule has 21 heavy (non-hydrogen) atoms. The molecule has 1 heterocycles. The predicted octanol–water partition coefficient (Wildman–Crippen LogP) is 3.37. The van der Waals surface area contributed by atoms with Crippen LogP contribution in [0.4, 0.5) is 0 Å². The van der Waals surface area contributed by atoms with E-state index in [4.69, 9.17) is 15.9 Å². The molecule has 2 aromatic rings. The van der Waals surface area contributed by atoms with Gasteiger partial charge in [-0.15, -0.1) is 11.8 Å². The number of pyridine rings is 1. The first-order valence-corrected chi connectivity index (χ1v) is 8.09. The molecule has 0 bridgehead atoms. The summed E-state index contributed by atoms with van der Waals surface area (Å²) in [5.41, 5.74) is 8.52. The Labute approximate surface area is 128 Å². The fourth-order valence-electron chi connectivity index (χ4n) is 2.53. The minimum Gasteiger partial charge on any atom is -0.437 e. The summed E-state index contributed by atoms with van der Waals surface area (Å²) in [6, 6.07) is 9.76. The summed E-state index contributed by atoms with van der Waals surface area (Å²) in [6.07, 6.45) is 5.08. The van der Waals surface area contributed by atoms with E-state index in [1.54, 1.807) is 11.8 Å². The molecule has 0 saturated heterocycles. The largest absolute Gasteiger partial charge is 0.437 e. The van der Waals surface area contributed by atoms with E-state index >= 15 is 0 Å². The van der Waals surface area contributed by atoms with Gasteiger partial charge in [-0.1, -0.05) is 12.1 Å². The maximum Gasteiger partial charge on any atom is 0.230 e. The van der Waals surface area contributed by atoms with E-state index in [-0.39, 0.29) is 5.84 Å². The van der Waals surface area contributed by atoms with Gasteiger partial charge in [0.1, 0.15) is 11.6 Å². The molecule has 1 aliphatic rings. The van der Waals surface area contributed by atoms with Gasteiger partial charge < -0.3 is 10.5 Å².